The minimum atomic E-state index is -0.914. The Kier molecular flexibility index (Phi) is 7.46. The summed E-state index contributed by atoms with van der Waals surface area (Å²) in [7, 11) is 0. The SMILES string of the molecule is C#C[C@]1(O)CC[C@H]2[C@@H]3CCC4=CCCCC4[C@H]3C(=C)C[C@@]21CC.C[C@]12CC[C@@H]3c4ccc(O)cc4CC[C@H]3[C@@H]1CC[C@@H]2O. The number of phenolic OH excluding ortho intramolecular Hbond substituents is 1. The third-order valence-corrected chi connectivity index (χ3v) is 14.7. The summed E-state index contributed by atoms with van der Waals surface area (Å²) < 4.78 is 0. The number of fused-ring (bicyclic) bond motifs is 10. The molecule has 1 aromatic rings. The zero-order valence-corrected chi connectivity index (χ0v) is 26.7. The van der Waals surface area contributed by atoms with Crippen LogP contribution >= 0.6 is 0 Å². The van der Waals surface area contributed by atoms with E-state index >= 15 is 0 Å². The van der Waals surface area contributed by atoms with Gasteiger partial charge in [0.15, 0.2) is 0 Å². The van der Waals surface area contributed by atoms with Crippen LogP contribution in [0.3, 0.4) is 0 Å². The van der Waals surface area contributed by atoms with E-state index in [1.165, 1.54) is 68.1 Å². The van der Waals surface area contributed by atoms with E-state index in [0.29, 0.717) is 35.3 Å². The van der Waals surface area contributed by atoms with Gasteiger partial charge in [0, 0.05) is 5.41 Å². The molecule has 1 unspecified atom stereocenters. The summed E-state index contributed by atoms with van der Waals surface area (Å²) in [5.74, 6) is 7.97. The van der Waals surface area contributed by atoms with Gasteiger partial charge in [-0.1, -0.05) is 49.6 Å². The lowest BCUT2D eigenvalue weighted by Crippen LogP contribution is -2.54. The smallest absolute Gasteiger partial charge is 0.131 e. The summed E-state index contributed by atoms with van der Waals surface area (Å²) in [6, 6.07) is 5.96. The van der Waals surface area contributed by atoms with Crippen LogP contribution in [0.5, 0.6) is 5.75 Å². The van der Waals surface area contributed by atoms with Gasteiger partial charge < -0.3 is 15.3 Å². The molecule has 232 valence electrons. The molecule has 1 aromatic carbocycles. The Morgan fingerprint density at radius 3 is 2.58 bits per heavy atom. The van der Waals surface area contributed by atoms with Crippen molar-refractivity contribution < 1.29 is 15.3 Å². The van der Waals surface area contributed by atoms with Crippen molar-refractivity contribution in [3.05, 3.63) is 53.1 Å². The third kappa shape index (κ3) is 4.36. The van der Waals surface area contributed by atoms with Crippen molar-refractivity contribution >= 4 is 0 Å². The summed E-state index contributed by atoms with van der Waals surface area (Å²) in [4.78, 5) is 0. The van der Waals surface area contributed by atoms with Gasteiger partial charge in [0.25, 0.3) is 0 Å². The number of aromatic hydroxyl groups is 1. The van der Waals surface area contributed by atoms with E-state index in [0.717, 1.165) is 56.8 Å². The number of aliphatic hydroxyl groups excluding tert-OH is 1. The van der Waals surface area contributed by atoms with E-state index in [1.807, 2.05) is 12.1 Å². The lowest BCUT2D eigenvalue weighted by Gasteiger charge is -2.56. The molecule has 3 heteroatoms. The van der Waals surface area contributed by atoms with Gasteiger partial charge in [-0.3, -0.25) is 0 Å². The molecule has 43 heavy (non-hydrogen) atoms. The summed E-state index contributed by atoms with van der Waals surface area (Å²) in [6.45, 7) is 9.08. The number of aliphatic hydroxyl groups is 2. The van der Waals surface area contributed by atoms with Crippen LogP contribution in [-0.2, 0) is 6.42 Å². The highest BCUT2D eigenvalue weighted by Crippen LogP contribution is 2.67. The van der Waals surface area contributed by atoms with Crippen molar-refractivity contribution in [2.45, 2.75) is 128 Å². The summed E-state index contributed by atoms with van der Waals surface area (Å²) >= 11 is 0. The number of allylic oxidation sites excluding steroid dienone is 3. The molecule has 8 rings (SSSR count). The topological polar surface area (TPSA) is 60.7 Å². The predicted molar refractivity (Wildman–Crippen MR) is 173 cm³/mol. The quantitative estimate of drug-likeness (QED) is 0.230. The molecule has 7 aliphatic rings. The Labute approximate surface area is 260 Å². The van der Waals surface area contributed by atoms with E-state index in [4.69, 9.17) is 6.42 Å². The van der Waals surface area contributed by atoms with Gasteiger partial charge in [0.05, 0.1) is 6.10 Å². The fourth-order valence-electron chi connectivity index (χ4n) is 12.6. The number of hydrogen-bond acceptors (Lipinski definition) is 3. The highest BCUT2D eigenvalue weighted by atomic mass is 16.3. The molecule has 0 aromatic heterocycles. The van der Waals surface area contributed by atoms with Crippen molar-refractivity contribution in [3.8, 4) is 18.1 Å². The van der Waals surface area contributed by atoms with Gasteiger partial charge in [0.1, 0.15) is 11.4 Å². The fraction of sp³-hybridized carbons (Fsp3) is 0.700. The molecule has 5 saturated carbocycles. The predicted octanol–water partition coefficient (Wildman–Crippen LogP) is 8.48. The van der Waals surface area contributed by atoms with E-state index in [2.05, 4.69) is 38.5 Å². The van der Waals surface area contributed by atoms with Crippen LogP contribution in [0.15, 0.2) is 42.0 Å². The molecule has 5 fully saturated rings. The molecule has 0 radical (unpaired) electrons. The van der Waals surface area contributed by atoms with Gasteiger partial charge in [-0.2, -0.15) is 0 Å². The van der Waals surface area contributed by atoms with Crippen LogP contribution < -0.4 is 0 Å². The normalized spacial score (nSPS) is 45.9. The highest BCUT2D eigenvalue weighted by molar-refractivity contribution is 5.40. The molecule has 11 atom stereocenters. The lowest BCUT2D eigenvalue weighted by atomic mass is 9.48. The first-order chi connectivity index (χ1) is 20.7. The summed E-state index contributed by atoms with van der Waals surface area (Å²) in [6.07, 6.45) is 25.4. The highest BCUT2D eigenvalue weighted by Gasteiger charge is 2.64. The van der Waals surface area contributed by atoms with Crippen molar-refractivity contribution in [2.75, 3.05) is 0 Å². The van der Waals surface area contributed by atoms with Crippen LogP contribution in [-0.4, -0.2) is 27.0 Å². The Morgan fingerprint density at radius 1 is 0.977 bits per heavy atom. The van der Waals surface area contributed by atoms with Crippen LogP contribution in [0.4, 0.5) is 0 Å². The first kappa shape index (κ1) is 29.7. The third-order valence-electron chi connectivity index (χ3n) is 14.7. The largest absolute Gasteiger partial charge is 0.508 e. The van der Waals surface area contributed by atoms with Gasteiger partial charge in [-0.25, -0.2) is 0 Å². The zero-order valence-electron chi connectivity index (χ0n) is 26.7. The maximum atomic E-state index is 11.2. The second kappa shape index (κ2) is 10.8. The first-order valence-corrected chi connectivity index (χ1v) is 17.7. The minimum Gasteiger partial charge on any atom is -0.508 e. The molecule has 0 aliphatic heterocycles. The van der Waals surface area contributed by atoms with Gasteiger partial charge in [-0.15, -0.1) is 6.42 Å². The molecule has 3 nitrogen and oxygen atoms in total. The monoisotopic (exact) mass is 582 g/mol. The van der Waals surface area contributed by atoms with Gasteiger partial charge in [-0.05, 0) is 166 Å². The van der Waals surface area contributed by atoms with Crippen molar-refractivity contribution in [3.63, 3.8) is 0 Å². The maximum absolute atomic E-state index is 11.2. The zero-order chi connectivity index (χ0) is 30.1. The molecule has 0 saturated heterocycles. The Bertz CT molecular complexity index is 1340. The minimum absolute atomic E-state index is 0.0883. The Hall–Kier alpha value is -2.02. The Morgan fingerprint density at radius 2 is 1.79 bits per heavy atom. The average Bonchev–Trinajstić information content (AvgIpc) is 3.50. The first-order valence-electron chi connectivity index (χ1n) is 17.7. The van der Waals surface area contributed by atoms with E-state index < -0.39 is 5.60 Å². The molecule has 7 aliphatic carbocycles. The van der Waals surface area contributed by atoms with E-state index in [-0.39, 0.29) is 16.9 Å². The molecule has 0 spiro atoms. The number of benzene rings is 1. The standard InChI is InChI=1S/C22H30O.C18H24O2/c1-4-21-14-15(3)20-17-9-7-6-8-16(17)10-11-18(20)19(21)12-13-22(21,23)5-2;1-18-9-8-14-13-5-3-12(19)10-11(13)2-4-15(14)16(18)6-7-17(18)20/h2,8,17-20,23H,3-4,6-7,9-14H2,1H3;3,5,10,14-17,19-20H,2,4,6-9H2,1H3/t17?,18-,19-,20+,21-,22-;14-,15-,16+,17+,18+/m01/s1. The van der Waals surface area contributed by atoms with Crippen molar-refractivity contribution in [2.24, 2.45) is 46.3 Å². The number of aryl methyl sites for hydroxylation is 1. The Balaban J connectivity index is 0.000000141. The number of phenols is 1. The lowest BCUT2D eigenvalue weighted by molar-refractivity contribution is -0.0788. The molecule has 0 bridgehead atoms. The molecule has 0 amide bonds. The van der Waals surface area contributed by atoms with Crippen LogP contribution in [0.1, 0.15) is 121 Å². The average molecular weight is 583 g/mol. The molecule has 0 heterocycles. The van der Waals surface area contributed by atoms with E-state index in [1.54, 1.807) is 5.57 Å². The van der Waals surface area contributed by atoms with Crippen LogP contribution in [0.2, 0.25) is 0 Å². The van der Waals surface area contributed by atoms with Gasteiger partial charge >= 0.3 is 0 Å². The summed E-state index contributed by atoms with van der Waals surface area (Å²) in [5, 5.41) is 31.2. The van der Waals surface area contributed by atoms with Crippen LogP contribution in [0, 0.1) is 58.7 Å². The van der Waals surface area contributed by atoms with Crippen LogP contribution in [0.25, 0.3) is 0 Å². The van der Waals surface area contributed by atoms with Gasteiger partial charge in [0.2, 0.25) is 0 Å². The second-order valence-electron chi connectivity index (χ2n) is 16.0. The summed E-state index contributed by atoms with van der Waals surface area (Å²) in [5.41, 5.74) is 5.07. The number of terminal acetylenes is 1. The number of hydrogen-bond donors (Lipinski definition) is 3. The molecular weight excluding hydrogens is 528 g/mol. The van der Waals surface area contributed by atoms with Crippen molar-refractivity contribution in [1.82, 2.24) is 0 Å². The molecule has 3 N–H and O–H groups in total. The van der Waals surface area contributed by atoms with E-state index in [9.17, 15) is 15.3 Å². The molecular formula is C40H54O3. The van der Waals surface area contributed by atoms with Crippen molar-refractivity contribution in [1.29, 1.82) is 0 Å². The maximum Gasteiger partial charge on any atom is 0.131 e. The number of rotatable bonds is 1. The fourth-order valence-corrected chi connectivity index (χ4v) is 12.6. The second-order valence-corrected chi connectivity index (χ2v) is 16.0.